The van der Waals surface area contributed by atoms with Crippen LogP contribution in [0.3, 0.4) is 0 Å². The SMILES string of the molecule is CCc1ccc(C(=O)COc2ccc(CC3SC(=O)NC3=O)cc2)nc1.CCc1ccc(SCOc2ccc(CC3SC(=O)NC3=O)cc2)nc1. The Hall–Kier alpha value is -4.66. The number of amides is 4. The highest BCUT2D eigenvalue weighted by Gasteiger charge is 2.32. The molecule has 14 heteroatoms. The molecule has 0 aliphatic carbocycles. The Morgan fingerprint density at radius 3 is 1.59 bits per heavy atom. The van der Waals surface area contributed by atoms with Crippen LogP contribution in [-0.2, 0) is 35.3 Å². The van der Waals surface area contributed by atoms with Gasteiger partial charge in [-0.15, -0.1) is 0 Å². The van der Waals surface area contributed by atoms with E-state index in [4.69, 9.17) is 9.47 Å². The van der Waals surface area contributed by atoms with Crippen molar-refractivity contribution in [3.63, 3.8) is 0 Å². The molecule has 2 aliphatic heterocycles. The number of carbonyl (C=O) groups is 5. The Bertz CT molecular complexity index is 1840. The lowest BCUT2D eigenvalue weighted by Gasteiger charge is -2.08. The molecule has 0 bridgehead atoms. The van der Waals surface area contributed by atoms with Crippen LogP contribution >= 0.6 is 35.3 Å². The minimum Gasteiger partial charge on any atom is -0.485 e. The van der Waals surface area contributed by atoms with E-state index < -0.39 is 5.25 Å². The number of ether oxygens (including phenoxy) is 2. The van der Waals surface area contributed by atoms with Gasteiger partial charge in [0, 0.05) is 12.4 Å². The lowest BCUT2D eigenvalue weighted by Crippen LogP contribution is -2.25. The van der Waals surface area contributed by atoms with Crippen molar-refractivity contribution in [3.05, 3.63) is 113 Å². The summed E-state index contributed by atoms with van der Waals surface area (Å²) in [5.74, 6) is 1.15. The van der Waals surface area contributed by atoms with Crippen molar-refractivity contribution >= 4 is 63.4 Å². The number of nitrogens with one attached hydrogen (secondary N) is 2. The predicted molar refractivity (Wildman–Crippen MR) is 199 cm³/mol. The monoisotopic (exact) mass is 744 g/mol. The van der Waals surface area contributed by atoms with Crippen molar-refractivity contribution in [2.24, 2.45) is 0 Å². The van der Waals surface area contributed by atoms with Gasteiger partial charge in [0.25, 0.3) is 10.5 Å². The number of pyridine rings is 2. The second kappa shape index (κ2) is 18.5. The summed E-state index contributed by atoms with van der Waals surface area (Å²) >= 11 is 3.59. The van der Waals surface area contributed by atoms with Crippen LogP contribution in [0.25, 0.3) is 0 Å². The first-order valence-corrected chi connectivity index (χ1v) is 19.0. The highest BCUT2D eigenvalue weighted by Crippen LogP contribution is 2.26. The maximum atomic E-state index is 12.1. The third kappa shape index (κ3) is 11.4. The third-order valence-electron chi connectivity index (χ3n) is 7.75. The molecule has 0 saturated carbocycles. The van der Waals surface area contributed by atoms with E-state index in [1.165, 1.54) is 17.3 Å². The third-order valence-corrected chi connectivity index (χ3v) is 10.5. The minimum atomic E-state index is -0.395. The Morgan fingerprint density at radius 1 is 0.667 bits per heavy atom. The maximum Gasteiger partial charge on any atom is 0.286 e. The van der Waals surface area contributed by atoms with Gasteiger partial charge >= 0.3 is 0 Å². The highest BCUT2D eigenvalue weighted by atomic mass is 32.2. The van der Waals surface area contributed by atoms with Crippen molar-refractivity contribution in [2.75, 3.05) is 12.5 Å². The zero-order valence-electron chi connectivity index (χ0n) is 28.0. The van der Waals surface area contributed by atoms with E-state index >= 15 is 0 Å². The van der Waals surface area contributed by atoms with Crippen LogP contribution in [0.4, 0.5) is 9.59 Å². The van der Waals surface area contributed by atoms with E-state index in [9.17, 15) is 24.0 Å². The molecule has 4 heterocycles. The largest absolute Gasteiger partial charge is 0.485 e. The highest BCUT2D eigenvalue weighted by molar-refractivity contribution is 8.15. The number of imide groups is 2. The van der Waals surface area contributed by atoms with E-state index in [1.54, 1.807) is 24.4 Å². The summed E-state index contributed by atoms with van der Waals surface area (Å²) in [5.41, 5.74) is 4.60. The first kappa shape index (κ1) is 37.6. The molecule has 2 saturated heterocycles. The molecule has 2 fully saturated rings. The second-order valence-electron chi connectivity index (χ2n) is 11.3. The number of benzene rings is 2. The molecular formula is C37H36N4O7S3. The van der Waals surface area contributed by atoms with E-state index in [2.05, 4.69) is 33.6 Å². The lowest BCUT2D eigenvalue weighted by atomic mass is 10.1. The van der Waals surface area contributed by atoms with Crippen LogP contribution in [0.15, 0.2) is 90.2 Å². The summed E-state index contributed by atoms with van der Waals surface area (Å²) in [6, 6.07) is 22.4. The minimum absolute atomic E-state index is 0.0901. The Labute approximate surface area is 308 Å². The number of rotatable bonds is 14. The van der Waals surface area contributed by atoms with Crippen LogP contribution in [0.2, 0.25) is 0 Å². The molecule has 4 aromatic rings. The zero-order valence-corrected chi connectivity index (χ0v) is 30.4. The fraction of sp³-hybridized carbons (Fsp3) is 0.270. The fourth-order valence-electron chi connectivity index (χ4n) is 4.81. The van der Waals surface area contributed by atoms with Crippen molar-refractivity contribution in [2.45, 2.75) is 55.1 Å². The number of hydrogen-bond donors (Lipinski definition) is 2. The summed E-state index contributed by atoms with van der Waals surface area (Å²) in [5, 5.41) is 4.19. The normalized spacial score (nSPS) is 16.6. The molecule has 264 valence electrons. The number of carbonyl (C=O) groups excluding carboxylic acids is 5. The van der Waals surface area contributed by atoms with Gasteiger partial charge in [-0.3, -0.25) is 39.6 Å². The van der Waals surface area contributed by atoms with Gasteiger partial charge < -0.3 is 9.47 Å². The Kier molecular flexibility index (Phi) is 13.7. The molecule has 2 aliphatic rings. The summed E-state index contributed by atoms with van der Waals surface area (Å²) in [6.45, 7) is 4.04. The van der Waals surface area contributed by atoms with Gasteiger partial charge in [0.1, 0.15) is 23.1 Å². The molecular weight excluding hydrogens is 709 g/mol. The topological polar surface area (TPSA) is 154 Å². The summed E-state index contributed by atoms with van der Waals surface area (Å²) in [4.78, 5) is 66.2. The van der Waals surface area contributed by atoms with Crippen LogP contribution < -0.4 is 20.1 Å². The quantitative estimate of drug-likeness (QED) is 0.0827. The molecule has 2 unspecified atom stereocenters. The number of hydrogen-bond acceptors (Lipinski definition) is 12. The molecule has 6 rings (SSSR count). The molecule has 2 atom stereocenters. The molecule has 2 aromatic heterocycles. The van der Waals surface area contributed by atoms with Gasteiger partial charge in [0.2, 0.25) is 17.6 Å². The average Bonchev–Trinajstić information content (AvgIpc) is 3.65. The lowest BCUT2D eigenvalue weighted by molar-refractivity contribution is -0.119. The van der Waals surface area contributed by atoms with Crippen molar-refractivity contribution in [3.8, 4) is 11.5 Å². The fourth-order valence-corrected chi connectivity index (χ4v) is 7.14. The van der Waals surface area contributed by atoms with Gasteiger partial charge in [0.15, 0.2) is 6.61 Å². The number of Topliss-reactive ketones (excluding diaryl/α,β-unsaturated/α-hetero) is 1. The van der Waals surface area contributed by atoms with Crippen LogP contribution in [0.1, 0.15) is 46.6 Å². The van der Waals surface area contributed by atoms with Gasteiger partial charge in [-0.2, -0.15) is 0 Å². The zero-order chi connectivity index (χ0) is 36.2. The van der Waals surface area contributed by atoms with Crippen molar-refractivity contribution < 1.29 is 33.4 Å². The second-order valence-corrected chi connectivity index (χ2v) is 14.6. The number of aryl methyl sites for hydroxylation is 2. The number of thioether (sulfide) groups is 3. The number of nitrogens with zero attached hydrogens (tertiary/aromatic N) is 2. The molecule has 11 nitrogen and oxygen atoms in total. The van der Waals surface area contributed by atoms with Crippen LogP contribution in [0, 0.1) is 0 Å². The molecule has 2 aromatic carbocycles. The number of aromatic nitrogens is 2. The predicted octanol–water partition coefficient (Wildman–Crippen LogP) is 6.47. The first-order valence-electron chi connectivity index (χ1n) is 16.2. The Morgan fingerprint density at radius 2 is 1.16 bits per heavy atom. The molecule has 4 amide bonds. The summed E-state index contributed by atoms with van der Waals surface area (Å²) in [6.07, 6.45) is 6.44. The molecule has 0 spiro atoms. The van der Waals surface area contributed by atoms with E-state index in [-0.39, 0.29) is 39.9 Å². The standard InChI is InChI=1S/C19H18N2O4S.C18H18N2O3S2/c1-2-12-5-8-15(20-10-12)16(22)11-25-14-6-3-13(4-7-14)9-17-18(23)21-19(24)26-17;1-2-12-5-8-16(19-10-12)24-11-23-14-6-3-13(4-7-14)9-15-17(21)20-18(22)25-15/h3-8,10,17H,2,9,11H2,1H3,(H,21,23,24);3-8,10,15H,2,9,11H2,1H3,(H,20,21,22). The summed E-state index contributed by atoms with van der Waals surface area (Å²) < 4.78 is 11.2. The van der Waals surface area contributed by atoms with E-state index in [1.807, 2.05) is 61.7 Å². The van der Waals surface area contributed by atoms with Gasteiger partial charge in [0.05, 0.1) is 15.5 Å². The Balaban J connectivity index is 0.000000198. The summed E-state index contributed by atoms with van der Waals surface area (Å²) in [7, 11) is 0. The average molecular weight is 745 g/mol. The van der Waals surface area contributed by atoms with Crippen LogP contribution in [-0.4, -0.2) is 61.1 Å². The molecule has 2 N–H and O–H groups in total. The molecule has 51 heavy (non-hydrogen) atoms. The van der Waals surface area contributed by atoms with E-state index in [0.717, 1.165) is 63.8 Å². The van der Waals surface area contributed by atoms with E-state index in [0.29, 0.717) is 30.2 Å². The molecule has 0 radical (unpaired) electrons. The smallest absolute Gasteiger partial charge is 0.286 e. The number of ketones is 1. The van der Waals surface area contributed by atoms with Crippen molar-refractivity contribution in [1.29, 1.82) is 0 Å². The first-order chi connectivity index (χ1) is 24.7. The van der Waals surface area contributed by atoms with Gasteiger partial charge in [-0.05, 0) is 84.3 Å². The van der Waals surface area contributed by atoms with Gasteiger partial charge in [-0.1, -0.05) is 85.5 Å². The van der Waals surface area contributed by atoms with Crippen LogP contribution in [0.5, 0.6) is 11.5 Å². The maximum absolute atomic E-state index is 12.1. The van der Waals surface area contributed by atoms with Crippen molar-refractivity contribution in [1.82, 2.24) is 20.6 Å². The van der Waals surface area contributed by atoms with Gasteiger partial charge in [-0.25, -0.2) is 4.98 Å².